The molecule has 1 aliphatic rings. The predicted octanol–water partition coefficient (Wildman–Crippen LogP) is 3.37. The van der Waals surface area contributed by atoms with Crippen LogP contribution in [0.1, 0.15) is 32.6 Å². The van der Waals surface area contributed by atoms with E-state index in [0.717, 1.165) is 37.6 Å². The van der Waals surface area contributed by atoms with Crippen molar-refractivity contribution in [3.8, 4) is 5.75 Å². The second kappa shape index (κ2) is 8.05. The molecule has 2 rings (SSSR count). The summed E-state index contributed by atoms with van der Waals surface area (Å²) >= 11 is 0. The van der Waals surface area contributed by atoms with Crippen molar-refractivity contribution in [2.24, 2.45) is 0 Å². The zero-order valence-corrected chi connectivity index (χ0v) is 12.0. The second-order valence-corrected chi connectivity index (χ2v) is 5.21. The van der Waals surface area contributed by atoms with Gasteiger partial charge in [0.15, 0.2) is 0 Å². The molecule has 0 spiro atoms. The van der Waals surface area contributed by atoms with Crippen molar-refractivity contribution in [3.05, 3.63) is 24.3 Å². The first kappa shape index (κ1) is 14.2. The third-order valence-electron chi connectivity index (χ3n) is 3.51. The third-order valence-corrected chi connectivity index (χ3v) is 3.51. The highest BCUT2D eigenvalue weighted by atomic mass is 16.5. The van der Waals surface area contributed by atoms with Crippen molar-refractivity contribution in [2.45, 2.75) is 32.6 Å². The smallest absolute Gasteiger partial charge is 0.121 e. The molecule has 0 atom stereocenters. The van der Waals surface area contributed by atoms with E-state index in [-0.39, 0.29) is 0 Å². The molecule has 0 aliphatic carbocycles. The van der Waals surface area contributed by atoms with Crippen molar-refractivity contribution in [2.75, 3.05) is 38.1 Å². The lowest BCUT2D eigenvalue weighted by molar-refractivity contribution is 0.237. The quantitative estimate of drug-likeness (QED) is 0.815. The van der Waals surface area contributed by atoms with Gasteiger partial charge in [0.05, 0.1) is 6.61 Å². The molecule has 106 valence electrons. The number of benzene rings is 1. The minimum absolute atomic E-state index is 0.789. The van der Waals surface area contributed by atoms with Gasteiger partial charge in [-0.05, 0) is 44.5 Å². The lowest BCUT2D eigenvalue weighted by Gasteiger charge is -2.26. The number of nitrogens with one attached hydrogen (secondary N) is 1. The molecule has 0 saturated carbocycles. The van der Waals surface area contributed by atoms with E-state index in [4.69, 9.17) is 4.74 Å². The molecule has 3 heteroatoms. The summed E-state index contributed by atoms with van der Waals surface area (Å²) in [6.07, 6.45) is 5.17. The van der Waals surface area contributed by atoms with Crippen LogP contribution in [0, 0.1) is 0 Å². The van der Waals surface area contributed by atoms with Crippen LogP contribution in [0.2, 0.25) is 0 Å². The molecule has 0 radical (unpaired) electrons. The number of piperidine rings is 1. The normalized spacial score (nSPS) is 16.3. The van der Waals surface area contributed by atoms with Gasteiger partial charge in [-0.15, -0.1) is 0 Å². The molecule has 19 heavy (non-hydrogen) atoms. The molecule has 0 bridgehead atoms. The van der Waals surface area contributed by atoms with Crippen LogP contribution < -0.4 is 10.1 Å². The summed E-state index contributed by atoms with van der Waals surface area (Å²) in [5.74, 6) is 0.963. The highest BCUT2D eigenvalue weighted by Gasteiger charge is 2.08. The van der Waals surface area contributed by atoms with E-state index in [2.05, 4.69) is 29.3 Å². The van der Waals surface area contributed by atoms with Gasteiger partial charge in [-0.3, -0.25) is 0 Å². The van der Waals surface area contributed by atoms with E-state index in [1.807, 2.05) is 12.1 Å². The fourth-order valence-corrected chi connectivity index (χ4v) is 2.46. The van der Waals surface area contributed by atoms with Crippen LogP contribution in [0.5, 0.6) is 5.75 Å². The van der Waals surface area contributed by atoms with Gasteiger partial charge in [-0.1, -0.05) is 19.4 Å². The molecule has 1 N–H and O–H groups in total. The van der Waals surface area contributed by atoms with Gasteiger partial charge in [0, 0.05) is 24.8 Å². The largest absolute Gasteiger partial charge is 0.494 e. The molecule has 1 aromatic rings. The summed E-state index contributed by atoms with van der Waals surface area (Å²) in [6, 6.07) is 8.26. The Balaban J connectivity index is 1.72. The Labute approximate surface area is 116 Å². The molecule has 1 fully saturated rings. The van der Waals surface area contributed by atoms with Gasteiger partial charge in [-0.2, -0.15) is 0 Å². The zero-order chi connectivity index (χ0) is 13.3. The van der Waals surface area contributed by atoms with Gasteiger partial charge in [0.25, 0.3) is 0 Å². The monoisotopic (exact) mass is 262 g/mol. The Morgan fingerprint density at radius 3 is 2.84 bits per heavy atom. The SMILES string of the molecule is CCCOc1cccc(NCCN2CCCCC2)c1. The maximum absolute atomic E-state index is 5.64. The number of ether oxygens (including phenoxy) is 1. The van der Waals surface area contributed by atoms with E-state index in [9.17, 15) is 0 Å². The summed E-state index contributed by atoms with van der Waals surface area (Å²) in [7, 11) is 0. The van der Waals surface area contributed by atoms with Crippen LogP contribution in [0.4, 0.5) is 5.69 Å². The third kappa shape index (κ3) is 5.11. The molecule has 1 aliphatic heterocycles. The molecule has 1 aromatic carbocycles. The van der Waals surface area contributed by atoms with Crippen molar-refractivity contribution < 1.29 is 4.74 Å². The van der Waals surface area contributed by atoms with Gasteiger partial charge in [-0.25, -0.2) is 0 Å². The molecular formula is C16H26N2O. The fourth-order valence-electron chi connectivity index (χ4n) is 2.46. The van der Waals surface area contributed by atoms with Gasteiger partial charge >= 0.3 is 0 Å². The molecule has 0 aromatic heterocycles. The molecule has 1 heterocycles. The number of nitrogens with zero attached hydrogens (tertiary/aromatic N) is 1. The summed E-state index contributed by atoms with van der Waals surface area (Å²) in [5.41, 5.74) is 1.16. The standard InChI is InChI=1S/C16H26N2O/c1-2-13-19-16-8-6-7-15(14-16)17-9-12-18-10-4-3-5-11-18/h6-8,14,17H,2-5,9-13H2,1H3. The fraction of sp³-hybridized carbons (Fsp3) is 0.625. The predicted molar refractivity (Wildman–Crippen MR) is 81.0 cm³/mol. The number of rotatable bonds is 7. The van der Waals surface area contributed by atoms with Crippen molar-refractivity contribution in [1.82, 2.24) is 4.90 Å². The van der Waals surface area contributed by atoms with Crippen LogP contribution >= 0.6 is 0 Å². The van der Waals surface area contributed by atoms with Gasteiger partial charge in [0.2, 0.25) is 0 Å². The average Bonchev–Trinajstić information content (AvgIpc) is 2.47. The highest BCUT2D eigenvalue weighted by molar-refractivity contribution is 5.48. The minimum Gasteiger partial charge on any atom is -0.494 e. The van der Waals surface area contributed by atoms with Gasteiger partial charge in [0.1, 0.15) is 5.75 Å². The van der Waals surface area contributed by atoms with Crippen LogP contribution in [-0.4, -0.2) is 37.7 Å². The van der Waals surface area contributed by atoms with Crippen molar-refractivity contribution in [1.29, 1.82) is 0 Å². The number of hydrogen-bond acceptors (Lipinski definition) is 3. The summed E-state index contributed by atoms with van der Waals surface area (Å²) < 4.78 is 5.64. The lowest BCUT2D eigenvalue weighted by Crippen LogP contribution is -2.33. The molecule has 0 amide bonds. The maximum atomic E-state index is 5.64. The first-order valence-corrected chi connectivity index (χ1v) is 7.57. The molecule has 1 saturated heterocycles. The molecule has 3 nitrogen and oxygen atoms in total. The summed E-state index contributed by atoms with van der Waals surface area (Å²) in [6.45, 7) is 7.60. The topological polar surface area (TPSA) is 24.5 Å². The Morgan fingerprint density at radius 2 is 2.05 bits per heavy atom. The lowest BCUT2D eigenvalue weighted by atomic mass is 10.1. The Morgan fingerprint density at radius 1 is 1.21 bits per heavy atom. The van der Waals surface area contributed by atoms with Gasteiger partial charge < -0.3 is 15.0 Å². The van der Waals surface area contributed by atoms with E-state index >= 15 is 0 Å². The second-order valence-electron chi connectivity index (χ2n) is 5.21. The number of anilines is 1. The first-order chi connectivity index (χ1) is 9.38. The van der Waals surface area contributed by atoms with E-state index in [0.29, 0.717) is 0 Å². The number of hydrogen-bond donors (Lipinski definition) is 1. The Hall–Kier alpha value is -1.22. The van der Waals surface area contributed by atoms with Crippen LogP contribution in [0.25, 0.3) is 0 Å². The number of likely N-dealkylation sites (tertiary alicyclic amines) is 1. The highest BCUT2D eigenvalue weighted by Crippen LogP contribution is 2.17. The zero-order valence-electron chi connectivity index (χ0n) is 12.0. The van der Waals surface area contributed by atoms with Crippen LogP contribution in [-0.2, 0) is 0 Å². The van der Waals surface area contributed by atoms with E-state index in [1.165, 1.54) is 32.4 Å². The Kier molecular flexibility index (Phi) is 6.02. The molecule has 0 unspecified atom stereocenters. The van der Waals surface area contributed by atoms with Crippen LogP contribution in [0.3, 0.4) is 0 Å². The van der Waals surface area contributed by atoms with Crippen molar-refractivity contribution >= 4 is 5.69 Å². The first-order valence-electron chi connectivity index (χ1n) is 7.57. The van der Waals surface area contributed by atoms with Crippen LogP contribution in [0.15, 0.2) is 24.3 Å². The Bertz CT molecular complexity index is 362. The molecular weight excluding hydrogens is 236 g/mol. The average molecular weight is 262 g/mol. The van der Waals surface area contributed by atoms with Crippen molar-refractivity contribution in [3.63, 3.8) is 0 Å². The summed E-state index contributed by atoms with van der Waals surface area (Å²) in [4.78, 5) is 2.55. The van der Waals surface area contributed by atoms with E-state index in [1.54, 1.807) is 0 Å². The summed E-state index contributed by atoms with van der Waals surface area (Å²) in [5, 5.41) is 3.49. The minimum atomic E-state index is 0.789. The van der Waals surface area contributed by atoms with E-state index < -0.39 is 0 Å². The maximum Gasteiger partial charge on any atom is 0.121 e.